The Bertz CT molecular complexity index is 587. The van der Waals surface area contributed by atoms with Crippen LogP contribution in [0.4, 0.5) is 0 Å². The highest BCUT2D eigenvalue weighted by atomic mass is 16.5. The Kier molecular flexibility index (Phi) is 4.66. The van der Waals surface area contributed by atoms with Crippen molar-refractivity contribution < 1.29 is 19.4 Å². The number of carboxylic acid groups (broad SMARTS) is 1. The monoisotopic (exact) mass is 317 g/mol. The van der Waals surface area contributed by atoms with E-state index in [0.29, 0.717) is 5.56 Å². The summed E-state index contributed by atoms with van der Waals surface area (Å²) in [7, 11) is 0. The van der Waals surface area contributed by atoms with E-state index in [1.54, 1.807) is 24.3 Å². The zero-order valence-electron chi connectivity index (χ0n) is 13.3. The van der Waals surface area contributed by atoms with E-state index >= 15 is 0 Å². The zero-order valence-corrected chi connectivity index (χ0v) is 13.3. The van der Waals surface area contributed by atoms with Crippen LogP contribution in [0.5, 0.6) is 0 Å². The van der Waals surface area contributed by atoms with E-state index < -0.39 is 5.97 Å². The predicted octanol–water partition coefficient (Wildman–Crippen LogP) is 2.35. The maximum Gasteiger partial charge on any atom is 0.335 e. The summed E-state index contributed by atoms with van der Waals surface area (Å²) in [5.74, 6) is -0.947. The van der Waals surface area contributed by atoms with Crippen LogP contribution < -0.4 is 0 Å². The lowest BCUT2D eigenvalue weighted by Crippen LogP contribution is -2.48. The first-order valence-corrected chi connectivity index (χ1v) is 8.26. The summed E-state index contributed by atoms with van der Waals surface area (Å²) in [6.45, 7) is 3.12. The van der Waals surface area contributed by atoms with Crippen LogP contribution in [-0.4, -0.2) is 48.2 Å². The molecule has 0 atom stereocenters. The van der Waals surface area contributed by atoms with Gasteiger partial charge in [0, 0.05) is 26.3 Å². The maximum absolute atomic E-state index is 12.7. The minimum atomic E-state index is -0.979. The third-order valence-corrected chi connectivity index (χ3v) is 5.16. The Morgan fingerprint density at radius 2 is 1.91 bits per heavy atom. The number of hydrogen-bond acceptors (Lipinski definition) is 3. The molecule has 2 fully saturated rings. The smallest absolute Gasteiger partial charge is 0.335 e. The van der Waals surface area contributed by atoms with Crippen LogP contribution in [0.2, 0.25) is 0 Å². The summed E-state index contributed by atoms with van der Waals surface area (Å²) >= 11 is 0. The highest BCUT2D eigenvalue weighted by Crippen LogP contribution is 2.39. The second-order valence-corrected chi connectivity index (χ2v) is 6.67. The molecule has 0 unspecified atom stereocenters. The molecule has 124 valence electrons. The van der Waals surface area contributed by atoms with E-state index in [0.717, 1.165) is 52.0 Å². The molecule has 1 spiro atoms. The molecule has 0 aliphatic carbocycles. The van der Waals surface area contributed by atoms with Gasteiger partial charge in [0.15, 0.2) is 0 Å². The van der Waals surface area contributed by atoms with E-state index in [-0.39, 0.29) is 23.3 Å². The lowest BCUT2D eigenvalue weighted by molar-refractivity contribution is -0.136. The van der Waals surface area contributed by atoms with Gasteiger partial charge in [0.2, 0.25) is 5.91 Å². The minimum Gasteiger partial charge on any atom is -0.478 e. The molecule has 1 N–H and O–H groups in total. The van der Waals surface area contributed by atoms with Gasteiger partial charge < -0.3 is 14.7 Å². The third kappa shape index (κ3) is 3.55. The van der Waals surface area contributed by atoms with Crippen molar-refractivity contribution in [3.63, 3.8) is 0 Å². The van der Waals surface area contributed by atoms with Gasteiger partial charge in [-0.3, -0.25) is 4.79 Å². The molecule has 2 aliphatic rings. The molecule has 5 heteroatoms. The van der Waals surface area contributed by atoms with E-state index in [1.165, 1.54) is 0 Å². The molecule has 2 aliphatic heterocycles. The van der Waals surface area contributed by atoms with E-state index in [4.69, 9.17) is 4.74 Å². The van der Waals surface area contributed by atoms with Gasteiger partial charge in [-0.2, -0.15) is 0 Å². The van der Waals surface area contributed by atoms with Gasteiger partial charge in [0.1, 0.15) is 0 Å². The standard InChI is InChI=1S/C18H23NO4/c20-16(12-14-4-1-2-5-15(14)17(21)22)19-9-3-6-18(13-19)7-10-23-11-8-18/h1-2,4-5H,3,6-13H2,(H,21,22). The van der Waals surface area contributed by atoms with Gasteiger partial charge in [-0.15, -0.1) is 0 Å². The third-order valence-electron chi connectivity index (χ3n) is 5.16. The van der Waals surface area contributed by atoms with Crippen molar-refractivity contribution in [3.05, 3.63) is 35.4 Å². The Morgan fingerprint density at radius 1 is 1.17 bits per heavy atom. The fourth-order valence-corrected chi connectivity index (χ4v) is 3.79. The quantitative estimate of drug-likeness (QED) is 0.929. The fraction of sp³-hybridized carbons (Fsp3) is 0.556. The fourth-order valence-electron chi connectivity index (χ4n) is 3.79. The number of amides is 1. The predicted molar refractivity (Wildman–Crippen MR) is 85.4 cm³/mol. The van der Waals surface area contributed by atoms with Crippen molar-refractivity contribution in [3.8, 4) is 0 Å². The Labute approximate surface area is 136 Å². The molecule has 1 amide bonds. The topological polar surface area (TPSA) is 66.8 Å². The van der Waals surface area contributed by atoms with E-state index in [9.17, 15) is 14.7 Å². The van der Waals surface area contributed by atoms with Crippen LogP contribution in [0.3, 0.4) is 0 Å². The first-order chi connectivity index (χ1) is 11.1. The highest BCUT2D eigenvalue weighted by molar-refractivity contribution is 5.91. The molecule has 3 rings (SSSR count). The molecular formula is C18H23NO4. The average molecular weight is 317 g/mol. The van der Waals surface area contributed by atoms with Crippen LogP contribution in [0.25, 0.3) is 0 Å². The van der Waals surface area contributed by atoms with Crippen LogP contribution in [0.1, 0.15) is 41.6 Å². The van der Waals surface area contributed by atoms with Gasteiger partial charge in [0.25, 0.3) is 0 Å². The number of aromatic carboxylic acids is 1. The summed E-state index contributed by atoms with van der Waals surface area (Å²) in [5.41, 5.74) is 1.02. The molecule has 0 radical (unpaired) electrons. The minimum absolute atomic E-state index is 0.0317. The van der Waals surface area contributed by atoms with Gasteiger partial charge in [-0.25, -0.2) is 4.79 Å². The Morgan fingerprint density at radius 3 is 2.65 bits per heavy atom. The Hall–Kier alpha value is -1.88. The summed E-state index contributed by atoms with van der Waals surface area (Å²) in [6.07, 6.45) is 4.37. The molecule has 2 heterocycles. The van der Waals surface area contributed by atoms with Crippen molar-refractivity contribution in [1.82, 2.24) is 4.90 Å². The zero-order chi connectivity index (χ0) is 16.3. The van der Waals surface area contributed by atoms with Crippen molar-refractivity contribution in [2.45, 2.75) is 32.1 Å². The van der Waals surface area contributed by atoms with E-state index in [2.05, 4.69) is 0 Å². The number of hydrogen-bond donors (Lipinski definition) is 1. The summed E-state index contributed by atoms with van der Waals surface area (Å²) in [4.78, 5) is 25.9. The number of carboxylic acids is 1. The van der Waals surface area contributed by atoms with Gasteiger partial charge in [-0.1, -0.05) is 18.2 Å². The molecule has 0 saturated carbocycles. The number of likely N-dealkylation sites (tertiary alicyclic amines) is 1. The van der Waals surface area contributed by atoms with Crippen molar-refractivity contribution >= 4 is 11.9 Å². The number of benzene rings is 1. The first kappa shape index (κ1) is 16.0. The molecule has 0 bridgehead atoms. The molecule has 0 aromatic heterocycles. The highest BCUT2D eigenvalue weighted by Gasteiger charge is 2.38. The van der Waals surface area contributed by atoms with Crippen LogP contribution in [0.15, 0.2) is 24.3 Å². The Balaban J connectivity index is 1.70. The van der Waals surface area contributed by atoms with Gasteiger partial charge >= 0.3 is 5.97 Å². The normalized spacial score (nSPS) is 20.4. The van der Waals surface area contributed by atoms with Crippen LogP contribution in [0, 0.1) is 5.41 Å². The van der Waals surface area contributed by atoms with Gasteiger partial charge in [0.05, 0.1) is 12.0 Å². The van der Waals surface area contributed by atoms with Crippen molar-refractivity contribution in [2.75, 3.05) is 26.3 Å². The average Bonchev–Trinajstić information content (AvgIpc) is 2.56. The summed E-state index contributed by atoms with van der Waals surface area (Å²) < 4.78 is 5.46. The number of carbonyl (C=O) groups excluding carboxylic acids is 1. The summed E-state index contributed by atoms with van der Waals surface area (Å²) in [5, 5.41) is 9.25. The SMILES string of the molecule is O=C(O)c1ccccc1CC(=O)N1CCCC2(CCOCC2)C1. The van der Waals surface area contributed by atoms with Crippen molar-refractivity contribution in [1.29, 1.82) is 0 Å². The number of piperidine rings is 1. The summed E-state index contributed by atoms with van der Waals surface area (Å²) in [6, 6.07) is 6.76. The molecule has 1 aromatic carbocycles. The van der Waals surface area contributed by atoms with E-state index in [1.807, 2.05) is 4.90 Å². The van der Waals surface area contributed by atoms with Crippen LogP contribution >= 0.6 is 0 Å². The van der Waals surface area contributed by atoms with Gasteiger partial charge in [-0.05, 0) is 42.7 Å². The number of rotatable bonds is 3. The van der Waals surface area contributed by atoms with Crippen LogP contribution in [-0.2, 0) is 16.0 Å². The molecule has 1 aromatic rings. The molecular weight excluding hydrogens is 294 g/mol. The molecule has 2 saturated heterocycles. The molecule has 5 nitrogen and oxygen atoms in total. The lowest BCUT2D eigenvalue weighted by Gasteiger charge is -2.45. The second kappa shape index (κ2) is 6.71. The number of carbonyl (C=O) groups is 2. The first-order valence-electron chi connectivity index (χ1n) is 8.26. The number of ether oxygens (including phenoxy) is 1. The molecule has 23 heavy (non-hydrogen) atoms. The second-order valence-electron chi connectivity index (χ2n) is 6.67. The number of nitrogens with zero attached hydrogens (tertiary/aromatic N) is 1. The lowest BCUT2D eigenvalue weighted by atomic mass is 9.74. The largest absolute Gasteiger partial charge is 0.478 e. The maximum atomic E-state index is 12.7. The van der Waals surface area contributed by atoms with Crippen molar-refractivity contribution in [2.24, 2.45) is 5.41 Å².